The lowest BCUT2D eigenvalue weighted by atomic mass is 9.99. The van der Waals surface area contributed by atoms with Crippen molar-refractivity contribution < 1.29 is 14.4 Å². The zero-order chi connectivity index (χ0) is 21.7. The van der Waals surface area contributed by atoms with Crippen LogP contribution in [0.25, 0.3) is 0 Å². The molecule has 30 heavy (non-hydrogen) atoms. The fourth-order valence-electron chi connectivity index (χ4n) is 3.35. The summed E-state index contributed by atoms with van der Waals surface area (Å²) < 4.78 is 0. The van der Waals surface area contributed by atoms with E-state index >= 15 is 0 Å². The number of primary amides is 1. The summed E-state index contributed by atoms with van der Waals surface area (Å²) in [5.41, 5.74) is 9.90. The zero-order valence-corrected chi connectivity index (χ0v) is 17.0. The van der Waals surface area contributed by atoms with E-state index in [1.807, 2.05) is 38.1 Å². The van der Waals surface area contributed by atoms with Gasteiger partial charge in [-0.1, -0.05) is 71.8 Å². The van der Waals surface area contributed by atoms with Crippen LogP contribution in [0.4, 0.5) is 0 Å². The standard InChI is InChI=1S/C25H24N2O3/c1-16-12-17(2)14-21(13-16)25(30)27-22(24(26)29)15-18-8-10-20(11-9-18)23(28)19-6-4-3-5-7-19/h3-14,22H,15H2,1-2H3,(H2,26,29)(H,27,30)/t22-/m0/s1. The third-order valence-electron chi connectivity index (χ3n) is 4.82. The van der Waals surface area contributed by atoms with E-state index in [0.29, 0.717) is 16.7 Å². The van der Waals surface area contributed by atoms with Crippen molar-refractivity contribution in [2.24, 2.45) is 5.73 Å². The van der Waals surface area contributed by atoms with Crippen molar-refractivity contribution in [1.29, 1.82) is 0 Å². The van der Waals surface area contributed by atoms with Gasteiger partial charge in [0.1, 0.15) is 6.04 Å². The van der Waals surface area contributed by atoms with E-state index in [9.17, 15) is 14.4 Å². The molecule has 3 aromatic rings. The van der Waals surface area contributed by atoms with Crippen molar-refractivity contribution in [2.75, 3.05) is 0 Å². The molecule has 0 heterocycles. The molecular weight excluding hydrogens is 376 g/mol. The van der Waals surface area contributed by atoms with E-state index in [1.54, 1.807) is 48.5 Å². The summed E-state index contributed by atoms with van der Waals surface area (Å²) >= 11 is 0. The number of hydrogen-bond donors (Lipinski definition) is 2. The third-order valence-corrected chi connectivity index (χ3v) is 4.82. The van der Waals surface area contributed by atoms with Crippen molar-refractivity contribution in [3.8, 4) is 0 Å². The summed E-state index contributed by atoms with van der Waals surface area (Å²) in [5.74, 6) is -1.03. The average molecular weight is 400 g/mol. The molecule has 0 saturated carbocycles. The first-order valence-electron chi connectivity index (χ1n) is 9.70. The number of carbonyl (C=O) groups is 3. The smallest absolute Gasteiger partial charge is 0.251 e. The Labute approximate surface area is 175 Å². The van der Waals surface area contributed by atoms with Crippen molar-refractivity contribution in [3.63, 3.8) is 0 Å². The van der Waals surface area contributed by atoms with Crippen LogP contribution in [-0.4, -0.2) is 23.6 Å². The van der Waals surface area contributed by atoms with Gasteiger partial charge in [-0.05, 0) is 31.5 Å². The molecule has 0 aromatic heterocycles. The molecule has 0 unspecified atom stereocenters. The predicted octanol–water partition coefficient (Wildman–Crippen LogP) is 3.36. The van der Waals surface area contributed by atoms with Gasteiger partial charge < -0.3 is 11.1 Å². The molecule has 3 aromatic carbocycles. The Kier molecular flexibility index (Phi) is 6.42. The van der Waals surface area contributed by atoms with Crippen LogP contribution in [0, 0.1) is 13.8 Å². The van der Waals surface area contributed by atoms with Crippen molar-refractivity contribution in [2.45, 2.75) is 26.3 Å². The van der Waals surface area contributed by atoms with Gasteiger partial charge in [-0.3, -0.25) is 14.4 Å². The largest absolute Gasteiger partial charge is 0.368 e. The maximum absolute atomic E-state index is 12.6. The van der Waals surface area contributed by atoms with E-state index in [0.717, 1.165) is 16.7 Å². The first kappa shape index (κ1) is 21.0. The number of benzene rings is 3. The van der Waals surface area contributed by atoms with Crippen molar-refractivity contribution in [1.82, 2.24) is 5.32 Å². The van der Waals surface area contributed by atoms with Gasteiger partial charge in [0.05, 0.1) is 0 Å². The first-order chi connectivity index (χ1) is 14.3. The van der Waals surface area contributed by atoms with E-state index in [1.165, 1.54) is 0 Å². The third kappa shape index (κ3) is 5.20. The van der Waals surface area contributed by atoms with Gasteiger partial charge in [0, 0.05) is 23.1 Å². The molecule has 0 bridgehead atoms. The second kappa shape index (κ2) is 9.18. The molecule has 3 N–H and O–H groups in total. The minimum Gasteiger partial charge on any atom is -0.368 e. The van der Waals surface area contributed by atoms with Crippen LogP contribution in [0.5, 0.6) is 0 Å². The van der Waals surface area contributed by atoms with Crippen LogP contribution in [0.1, 0.15) is 43.0 Å². The molecular formula is C25H24N2O3. The normalized spacial score (nSPS) is 11.5. The number of nitrogens with one attached hydrogen (secondary N) is 1. The van der Waals surface area contributed by atoms with Crippen molar-refractivity contribution >= 4 is 17.6 Å². The summed E-state index contributed by atoms with van der Waals surface area (Å²) in [4.78, 5) is 37.0. The number of carbonyl (C=O) groups excluding carboxylic acids is 3. The van der Waals surface area contributed by atoms with Gasteiger partial charge in [-0.25, -0.2) is 0 Å². The number of nitrogens with two attached hydrogens (primary N) is 1. The average Bonchev–Trinajstić information content (AvgIpc) is 2.73. The maximum Gasteiger partial charge on any atom is 0.251 e. The molecule has 0 radical (unpaired) electrons. The SMILES string of the molecule is Cc1cc(C)cc(C(=O)N[C@@H](Cc2ccc(C(=O)c3ccccc3)cc2)C(N)=O)c1. The highest BCUT2D eigenvalue weighted by molar-refractivity contribution is 6.09. The molecule has 0 fully saturated rings. The lowest BCUT2D eigenvalue weighted by molar-refractivity contribution is -0.119. The first-order valence-corrected chi connectivity index (χ1v) is 9.70. The highest BCUT2D eigenvalue weighted by Crippen LogP contribution is 2.13. The van der Waals surface area contributed by atoms with Crippen LogP contribution in [0.3, 0.4) is 0 Å². The Morgan fingerprint density at radius 2 is 1.37 bits per heavy atom. The maximum atomic E-state index is 12.6. The fraction of sp³-hybridized carbons (Fsp3) is 0.160. The van der Waals surface area contributed by atoms with Gasteiger partial charge in [0.25, 0.3) is 5.91 Å². The Hall–Kier alpha value is -3.73. The van der Waals surface area contributed by atoms with Crippen LogP contribution in [0.2, 0.25) is 0 Å². The molecule has 0 aliphatic heterocycles. The summed E-state index contributed by atoms with van der Waals surface area (Å²) in [5, 5.41) is 2.72. The molecule has 0 aliphatic carbocycles. The molecule has 0 saturated heterocycles. The van der Waals surface area contributed by atoms with E-state index < -0.39 is 11.9 Å². The van der Waals surface area contributed by atoms with Crippen LogP contribution >= 0.6 is 0 Å². The van der Waals surface area contributed by atoms with E-state index in [2.05, 4.69) is 5.32 Å². The van der Waals surface area contributed by atoms with Crippen LogP contribution in [-0.2, 0) is 11.2 Å². The molecule has 5 heteroatoms. The highest BCUT2D eigenvalue weighted by Gasteiger charge is 2.20. The van der Waals surface area contributed by atoms with Gasteiger partial charge >= 0.3 is 0 Å². The Balaban J connectivity index is 1.71. The number of rotatable bonds is 7. The Morgan fingerprint density at radius 3 is 1.93 bits per heavy atom. The topological polar surface area (TPSA) is 89.3 Å². The fourth-order valence-corrected chi connectivity index (χ4v) is 3.35. The summed E-state index contributed by atoms with van der Waals surface area (Å²) in [6.45, 7) is 3.82. The number of aryl methyl sites for hydroxylation is 2. The van der Waals surface area contributed by atoms with Crippen LogP contribution in [0.15, 0.2) is 72.8 Å². The van der Waals surface area contributed by atoms with Crippen LogP contribution < -0.4 is 11.1 Å². The highest BCUT2D eigenvalue weighted by atomic mass is 16.2. The number of hydrogen-bond acceptors (Lipinski definition) is 3. The number of ketones is 1. The lowest BCUT2D eigenvalue weighted by Crippen LogP contribution is -2.45. The molecule has 0 spiro atoms. The van der Waals surface area contributed by atoms with E-state index in [-0.39, 0.29) is 18.1 Å². The predicted molar refractivity (Wildman–Crippen MR) is 116 cm³/mol. The van der Waals surface area contributed by atoms with Gasteiger partial charge in [0.15, 0.2) is 5.78 Å². The Bertz CT molecular complexity index is 1050. The summed E-state index contributed by atoms with van der Waals surface area (Å²) in [7, 11) is 0. The molecule has 3 rings (SSSR count). The summed E-state index contributed by atoms with van der Waals surface area (Å²) in [6, 6.07) is 20.7. The quantitative estimate of drug-likeness (QED) is 0.596. The minimum atomic E-state index is -0.853. The van der Waals surface area contributed by atoms with E-state index in [4.69, 9.17) is 5.73 Å². The molecule has 2 amide bonds. The summed E-state index contributed by atoms with van der Waals surface area (Å²) in [6.07, 6.45) is 0.242. The lowest BCUT2D eigenvalue weighted by Gasteiger charge is -2.16. The van der Waals surface area contributed by atoms with Gasteiger partial charge in [0.2, 0.25) is 5.91 Å². The zero-order valence-electron chi connectivity index (χ0n) is 17.0. The number of amides is 2. The molecule has 0 aliphatic rings. The molecule has 5 nitrogen and oxygen atoms in total. The van der Waals surface area contributed by atoms with Gasteiger partial charge in [-0.15, -0.1) is 0 Å². The molecule has 1 atom stereocenters. The minimum absolute atomic E-state index is 0.0725. The molecule has 152 valence electrons. The van der Waals surface area contributed by atoms with Gasteiger partial charge in [-0.2, -0.15) is 0 Å². The second-order valence-electron chi connectivity index (χ2n) is 7.40. The monoisotopic (exact) mass is 400 g/mol. The van der Waals surface area contributed by atoms with Crippen molar-refractivity contribution in [3.05, 3.63) is 106 Å². The Morgan fingerprint density at radius 1 is 0.800 bits per heavy atom. The second-order valence-corrected chi connectivity index (χ2v) is 7.40.